The van der Waals surface area contributed by atoms with Crippen molar-refractivity contribution in [2.24, 2.45) is 0 Å². The molecule has 2 aromatic heterocycles. The van der Waals surface area contributed by atoms with Crippen molar-refractivity contribution in [1.82, 2.24) is 9.55 Å². The van der Waals surface area contributed by atoms with E-state index in [1.165, 1.54) is 0 Å². The van der Waals surface area contributed by atoms with Crippen LogP contribution in [0.15, 0.2) is 46.3 Å². The fraction of sp³-hybridized carbons (Fsp3) is 0.375. The van der Waals surface area contributed by atoms with Crippen LogP contribution in [0.3, 0.4) is 0 Å². The number of anilines is 1. The lowest BCUT2D eigenvalue weighted by Crippen LogP contribution is -2.23. The second-order valence-electron chi connectivity index (χ2n) is 5.24. The zero-order chi connectivity index (χ0) is 15.5. The third-order valence-electron chi connectivity index (χ3n) is 3.94. The summed E-state index contributed by atoms with van der Waals surface area (Å²) in [6.45, 7) is 1.82. The molecule has 1 saturated heterocycles. The van der Waals surface area contributed by atoms with Gasteiger partial charge in [0.05, 0.1) is 18.0 Å². The molecule has 3 heterocycles. The van der Waals surface area contributed by atoms with Crippen LogP contribution in [0.1, 0.15) is 6.42 Å². The van der Waals surface area contributed by atoms with Gasteiger partial charge in [-0.3, -0.25) is 9.36 Å². The largest absolute Gasteiger partial charge is 0.380 e. The Hall–Kier alpha value is -1.79. The van der Waals surface area contributed by atoms with Gasteiger partial charge in [0, 0.05) is 37.4 Å². The third-order valence-corrected chi connectivity index (χ3v) is 4.66. The summed E-state index contributed by atoms with van der Waals surface area (Å²) in [7, 11) is 1.75. The summed E-state index contributed by atoms with van der Waals surface area (Å²) in [5, 5.41) is 0. The molecule has 0 aromatic carbocycles. The molecule has 6 heteroatoms. The first-order valence-corrected chi connectivity index (χ1v) is 8.44. The minimum Gasteiger partial charge on any atom is -0.380 e. The number of methoxy groups -OCH3 is 1. The van der Waals surface area contributed by atoms with Crippen LogP contribution in [0.2, 0.25) is 0 Å². The van der Waals surface area contributed by atoms with E-state index < -0.39 is 0 Å². The first-order chi connectivity index (χ1) is 10.7. The van der Waals surface area contributed by atoms with Crippen LogP contribution in [0.4, 0.5) is 5.82 Å². The van der Waals surface area contributed by atoms with Crippen molar-refractivity contribution in [3.8, 4) is 5.69 Å². The summed E-state index contributed by atoms with van der Waals surface area (Å²) in [6.07, 6.45) is 6.80. The van der Waals surface area contributed by atoms with Gasteiger partial charge in [0.15, 0.2) is 0 Å². The molecule has 0 aliphatic carbocycles. The average molecular weight is 317 g/mol. The van der Waals surface area contributed by atoms with Crippen LogP contribution in [0.25, 0.3) is 5.69 Å². The maximum atomic E-state index is 12.1. The molecule has 0 bridgehead atoms. The number of ether oxygens (including phenoxy) is 1. The van der Waals surface area contributed by atoms with Gasteiger partial charge in [0.1, 0.15) is 5.82 Å². The molecule has 5 nitrogen and oxygen atoms in total. The Morgan fingerprint density at radius 3 is 2.82 bits per heavy atom. The molecule has 116 valence electrons. The molecule has 3 rings (SSSR count). The summed E-state index contributed by atoms with van der Waals surface area (Å²) in [5.41, 5.74) is 0.742. The predicted molar refractivity (Wildman–Crippen MR) is 89.2 cm³/mol. The highest BCUT2D eigenvalue weighted by atomic mass is 32.2. The van der Waals surface area contributed by atoms with Crippen molar-refractivity contribution >= 4 is 17.6 Å². The Bertz CT molecular complexity index is 699. The highest BCUT2D eigenvalue weighted by Crippen LogP contribution is 2.20. The van der Waals surface area contributed by atoms with Crippen molar-refractivity contribution in [1.29, 1.82) is 0 Å². The van der Waals surface area contributed by atoms with Crippen molar-refractivity contribution in [2.45, 2.75) is 17.4 Å². The molecule has 0 saturated carbocycles. The molecule has 2 aromatic rings. The van der Waals surface area contributed by atoms with E-state index in [2.05, 4.69) is 9.88 Å². The maximum absolute atomic E-state index is 12.1. The van der Waals surface area contributed by atoms with Gasteiger partial charge in [-0.1, -0.05) is 0 Å². The maximum Gasteiger partial charge on any atom is 0.256 e. The Kier molecular flexibility index (Phi) is 4.49. The molecule has 1 atom stereocenters. The number of hydrogen-bond acceptors (Lipinski definition) is 5. The normalized spacial score (nSPS) is 17.9. The van der Waals surface area contributed by atoms with Crippen molar-refractivity contribution in [3.05, 3.63) is 47.0 Å². The van der Waals surface area contributed by atoms with Crippen LogP contribution in [0, 0.1) is 0 Å². The van der Waals surface area contributed by atoms with E-state index in [9.17, 15) is 4.79 Å². The predicted octanol–water partition coefficient (Wildman–Crippen LogP) is 2.18. The summed E-state index contributed by atoms with van der Waals surface area (Å²) in [4.78, 5) is 19.8. The van der Waals surface area contributed by atoms with Crippen molar-refractivity contribution < 1.29 is 4.74 Å². The lowest BCUT2D eigenvalue weighted by Gasteiger charge is -2.17. The average Bonchev–Trinajstić information content (AvgIpc) is 3.04. The van der Waals surface area contributed by atoms with Gasteiger partial charge < -0.3 is 9.64 Å². The van der Waals surface area contributed by atoms with E-state index in [-0.39, 0.29) is 11.7 Å². The Labute approximate surface area is 133 Å². The first kappa shape index (κ1) is 15.1. The van der Waals surface area contributed by atoms with Crippen LogP contribution < -0.4 is 10.5 Å². The summed E-state index contributed by atoms with van der Waals surface area (Å²) in [6, 6.07) is 7.47. The Morgan fingerprint density at radius 1 is 1.36 bits per heavy atom. The standard InChI is InChI=1S/C16H19N3O2S/c1-21-13-5-7-18(11-13)15-4-3-12(10-17-15)19-8-6-14(22-2)9-16(19)20/h3-4,6,8-10,13H,5,7,11H2,1-2H3/t13-/m1/s1. The Balaban J connectivity index is 1.81. The van der Waals surface area contributed by atoms with Gasteiger partial charge in [0.25, 0.3) is 5.56 Å². The molecular weight excluding hydrogens is 298 g/mol. The number of rotatable bonds is 4. The first-order valence-electron chi connectivity index (χ1n) is 7.22. The van der Waals surface area contributed by atoms with Crippen molar-refractivity contribution in [2.75, 3.05) is 31.4 Å². The SMILES string of the molecule is CO[C@@H]1CCN(c2ccc(-n3ccc(SC)cc3=O)cn2)C1. The van der Waals surface area contributed by atoms with E-state index in [0.717, 1.165) is 35.9 Å². The third kappa shape index (κ3) is 3.03. The van der Waals surface area contributed by atoms with Gasteiger partial charge >= 0.3 is 0 Å². The van der Waals surface area contributed by atoms with E-state index in [1.54, 1.807) is 41.9 Å². The smallest absolute Gasteiger partial charge is 0.256 e. The molecule has 0 spiro atoms. The monoisotopic (exact) mass is 317 g/mol. The van der Waals surface area contributed by atoms with E-state index in [1.807, 2.05) is 24.5 Å². The number of aromatic nitrogens is 2. The van der Waals surface area contributed by atoms with Crippen LogP contribution in [-0.4, -0.2) is 42.1 Å². The zero-order valence-corrected chi connectivity index (χ0v) is 13.5. The lowest BCUT2D eigenvalue weighted by atomic mass is 10.3. The molecule has 0 radical (unpaired) electrons. The number of pyridine rings is 2. The van der Waals surface area contributed by atoms with Gasteiger partial charge in [0.2, 0.25) is 0 Å². The van der Waals surface area contributed by atoms with Crippen LogP contribution in [-0.2, 0) is 4.74 Å². The zero-order valence-electron chi connectivity index (χ0n) is 12.7. The lowest BCUT2D eigenvalue weighted by molar-refractivity contribution is 0.121. The topological polar surface area (TPSA) is 47.4 Å². The highest BCUT2D eigenvalue weighted by molar-refractivity contribution is 7.98. The highest BCUT2D eigenvalue weighted by Gasteiger charge is 2.22. The number of hydrogen-bond donors (Lipinski definition) is 0. The fourth-order valence-electron chi connectivity index (χ4n) is 2.64. The molecule has 1 aliphatic heterocycles. The number of nitrogens with zero attached hydrogens (tertiary/aromatic N) is 3. The quantitative estimate of drug-likeness (QED) is 0.809. The van der Waals surface area contributed by atoms with Gasteiger partial charge in [-0.25, -0.2) is 4.98 Å². The molecule has 0 amide bonds. The molecule has 0 unspecified atom stereocenters. The fourth-order valence-corrected chi connectivity index (χ4v) is 3.05. The molecule has 1 fully saturated rings. The van der Waals surface area contributed by atoms with Gasteiger partial charge in [-0.15, -0.1) is 11.8 Å². The second-order valence-corrected chi connectivity index (χ2v) is 6.12. The second kappa shape index (κ2) is 6.54. The van der Waals surface area contributed by atoms with Crippen LogP contribution >= 0.6 is 11.8 Å². The van der Waals surface area contributed by atoms with Crippen molar-refractivity contribution in [3.63, 3.8) is 0 Å². The Morgan fingerprint density at radius 2 is 2.23 bits per heavy atom. The number of thioether (sulfide) groups is 1. The van der Waals surface area contributed by atoms with Gasteiger partial charge in [-0.2, -0.15) is 0 Å². The molecular formula is C16H19N3O2S. The van der Waals surface area contributed by atoms with E-state index in [0.29, 0.717) is 0 Å². The summed E-state index contributed by atoms with van der Waals surface area (Å²) < 4.78 is 6.99. The van der Waals surface area contributed by atoms with E-state index in [4.69, 9.17) is 4.74 Å². The van der Waals surface area contributed by atoms with E-state index >= 15 is 0 Å². The summed E-state index contributed by atoms with van der Waals surface area (Å²) >= 11 is 1.56. The minimum absolute atomic E-state index is 0.0398. The molecule has 1 aliphatic rings. The van der Waals surface area contributed by atoms with Crippen LogP contribution in [0.5, 0.6) is 0 Å². The molecule has 0 N–H and O–H groups in total. The molecule has 22 heavy (non-hydrogen) atoms. The summed E-state index contributed by atoms with van der Waals surface area (Å²) in [5.74, 6) is 0.928. The van der Waals surface area contributed by atoms with Gasteiger partial charge in [-0.05, 0) is 30.9 Å². The minimum atomic E-state index is -0.0398.